The van der Waals surface area contributed by atoms with Crippen molar-refractivity contribution in [3.63, 3.8) is 0 Å². The van der Waals surface area contributed by atoms with Crippen molar-refractivity contribution in [1.29, 1.82) is 0 Å². The Morgan fingerprint density at radius 3 is 2.58 bits per heavy atom. The van der Waals surface area contributed by atoms with Crippen LogP contribution in [0.5, 0.6) is 0 Å². The van der Waals surface area contributed by atoms with Gasteiger partial charge >= 0.3 is 0 Å². The summed E-state index contributed by atoms with van der Waals surface area (Å²) in [6.45, 7) is 2.87. The highest BCUT2D eigenvalue weighted by Crippen LogP contribution is 2.66. The zero-order valence-electron chi connectivity index (χ0n) is 20.6. The smallest absolute Gasteiger partial charge is 0.156 e. The maximum atomic E-state index is 12.2. The number of hydrogen-bond donors (Lipinski definition) is 1. The van der Waals surface area contributed by atoms with E-state index in [4.69, 9.17) is 4.74 Å². The molecule has 0 aromatic heterocycles. The summed E-state index contributed by atoms with van der Waals surface area (Å²) in [4.78, 5) is 14.3. The number of fused-ring (bicyclic) bond motifs is 4. The number of nitrogens with zero attached hydrogens (tertiary/aromatic N) is 1. The van der Waals surface area contributed by atoms with E-state index in [0.717, 1.165) is 32.1 Å². The lowest BCUT2D eigenvalue weighted by Gasteiger charge is -2.53. The van der Waals surface area contributed by atoms with Crippen molar-refractivity contribution in [3.05, 3.63) is 52.6 Å². The molecule has 178 valence electrons. The van der Waals surface area contributed by atoms with Crippen molar-refractivity contribution in [1.82, 2.24) is 0 Å². The Morgan fingerprint density at radius 1 is 1.12 bits per heavy atom. The summed E-state index contributed by atoms with van der Waals surface area (Å²) >= 11 is 0. The Kier molecular flexibility index (Phi) is 6.03. The predicted molar refractivity (Wildman–Crippen MR) is 132 cm³/mol. The van der Waals surface area contributed by atoms with E-state index in [1.165, 1.54) is 28.8 Å². The summed E-state index contributed by atoms with van der Waals surface area (Å²) in [7, 11) is 5.86. The summed E-state index contributed by atoms with van der Waals surface area (Å²) in [5.41, 5.74) is 7.14. The summed E-state index contributed by atoms with van der Waals surface area (Å²) in [6, 6.07) is 9.10. The number of aliphatic hydroxyl groups excluding tert-OH is 1. The molecule has 1 aromatic rings. The molecule has 0 radical (unpaired) electrons. The zero-order valence-corrected chi connectivity index (χ0v) is 20.6. The molecule has 1 N–H and O–H groups in total. The number of benzene rings is 1. The van der Waals surface area contributed by atoms with Crippen LogP contribution in [-0.4, -0.2) is 44.8 Å². The highest BCUT2D eigenvalue weighted by atomic mass is 16.5. The molecular weight excluding hydrogens is 410 g/mol. The monoisotopic (exact) mass is 449 g/mol. The van der Waals surface area contributed by atoms with Crippen LogP contribution >= 0.6 is 0 Å². The van der Waals surface area contributed by atoms with Gasteiger partial charge in [-0.3, -0.25) is 4.79 Å². The molecule has 4 aliphatic rings. The number of carbonyl (C=O) groups excluding carboxylic acids is 1. The van der Waals surface area contributed by atoms with Crippen LogP contribution in [0.25, 0.3) is 0 Å². The molecular formula is C29H39NO3. The van der Waals surface area contributed by atoms with E-state index < -0.39 is 6.10 Å². The fourth-order valence-electron chi connectivity index (χ4n) is 7.92. The highest BCUT2D eigenvalue weighted by molar-refractivity contribution is 5.93. The number of ketones is 1. The zero-order chi connectivity index (χ0) is 23.3. The van der Waals surface area contributed by atoms with E-state index in [1.54, 1.807) is 12.7 Å². The van der Waals surface area contributed by atoms with Gasteiger partial charge in [-0.05, 0) is 96.6 Å². The summed E-state index contributed by atoms with van der Waals surface area (Å²) in [5.74, 6) is 2.09. The van der Waals surface area contributed by atoms with Gasteiger partial charge in [0.25, 0.3) is 0 Å². The molecule has 4 heteroatoms. The Hall–Kier alpha value is -1.91. The molecule has 0 saturated heterocycles. The van der Waals surface area contributed by atoms with Crippen LogP contribution in [0.4, 0.5) is 5.69 Å². The maximum Gasteiger partial charge on any atom is 0.156 e. The van der Waals surface area contributed by atoms with Crippen molar-refractivity contribution in [2.75, 3.05) is 32.7 Å². The second-order valence-corrected chi connectivity index (χ2v) is 11.3. The minimum Gasteiger partial charge on any atom is -0.390 e. The standard InChI is InChI=1S/C29H39NO3/c1-29-16-24(18-5-8-20(9-6-18)30(2)3)28-22-12-10-21(31)15-19(22)7-11-23(28)25(29)13-14-26(29)27(32)17-33-4/h5-6,8-9,15,23-27,32H,7,10-14,16-17H2,1-4H3. The number of aliphatic hydroxyl groups is 1. The predicted octanol–water partition coefficient (Wildman–Crippen LogP) is 5.28. The molecule has 0 amide bonds. The molecule has 0 heterocycles. The van der Waals surface area contributed by atoms with E-state index in [2.05, 4.69) is 50.2 Å². The highest BCUT2D eigenvalue weighted by Gasteiger charge is 2.57. The van der Waals surface area contributed by atoms with E-state index in [-0.39, 0.29) is 11.3 Å². The van der Waals surface area contributed by atoms with Crippen molar-refractivity contribution in [3.8, 4) is 0 Å². The van der Waals surface area contributed by atoms with Gasteiger partial charge in [0, 0.05) is 39.2 Å². The van der Waals surface area contributed by atoms with Crippen LogP contribution in [0.1, 0.15) is 63.4 Å². The Morgan fingerprint density at radius 2 is 1.88 bits per heavy atom. The van der Waals surface area contributed by atoms with Gasteiger partial charge in [0.05, 0.1) is 12.7 Å². The summed E-state index contributed by atoms with van der Waals surface area (Å²) in [5, 5.41) is 11.0. The number of methoxy groups -OCH3 is 1. The molecule has 5 rings (SSSR count). The van der Waals surface area contributed by atoms with Gasteiger partial charge < -0.3 is 14.7 Å². The first kappa shape index (κ1) is 22.9. The van der Waals surface area contributed by atoms with Gasteiger partial charge in [-0.2, -0.15) is 0 Å². The van der Waals surface area contributed by atoms with Crippen LogP contribution in [0.15, 0.2) is 47.1 Å². The molecule has 6 unspecified atom stereocenters. The molecule has 1 aromatic carbocycles. The van der Waals surface area contributed by atoms with Gasteiger partial charge in [-0.25, -0.2) is 0 Å². The first-order valence-electron chi connectivity index (χ1n) is 12.7. The van der Waals surface area contributed by atoms with Crippen molar-refractivity contribution < 1.29 is 14.6 Å². The molecule has 0 aliphatic heterocycles. The van der Waals surface area contributed by atoms with E-state index >= 15 is 0 Å². The van der Waals surface area contributed by atoms with Crippen LogP contribution < -0.4 is 4.90 Å². The topological polar surface area (TPSA) is 49.8 Å². The van der Waals surface area contributed by atoms with Crippen molar-refractivity contribution >= 4 is 11.5 Å². The lowest BCUT2D eigenvalue weighted by Crippen LogP contribution is -2.46. The molecule has 2 fully saturated rings. The third kappa shape index (κ3) is 3.80. The Balaban J connectivity index is 1.61. The fourth-order valence-corrected chi connectivity index (χ4v) is 7.92. The number of anilines is 1. The molecule has 0 spiro atoms. The molecule has 4 nitrogen and oxygen atoms in total. The number of allylic oxidation sites excluding steroid dienone is 4. The number of carbonyl (C=O) groups is 1. The quantitative estimate of drug-likeness (QED) is 0.665. The van der Waals surface area contributed by atoms with Crippen molar-refractivity contribution in [2.45, 2.75) is 63.9 Å². The van der Waals surface area contributed by atoms with Crippen LogP contribution in [-0.2, 0) is 9.53 Å². The van der Waals surface area contributed by atoms with Crippen LogP contribution in [0.2, 0.25) is 0 Å². The average Bonchev–Trinajstić information content (AvgIpc) is 3.15. The molecule has 2 saturated carbocycles. The minimum absolute atomic E-state index is 0.100. The Bertz CT molecular complexity index is 975. The largest absolute Gasteiger partial charge is 0.390 e. The Labute approximate surface area is 198 Å². The van der Waals surface area contributed by atoms with Crippen LogP contribution in [0.3, 0.4) is 0 Å². The normalized spacial score (nSPS) is 34.3. The number of hydrogen-bond acceptors (Lipinski definition) is 4. The molecule has 33 heavy (non-hydrogen) atoms. The van der Waals surface area contributed by atoms with E-state index in [1.807, 2.05) is 6.08 Å². The lowest BCUT2D eigenvalue weighted by atomic mass is 9.51. The third-order valence-corrected chi connectivity index (χ3v) is 9.42. The molecule has 6 atom stereocenters. The van der Waals surface area contributed by atoms with Gasteiger partial charge in [0.1, 0.15) is 0 Å². The minimum atomic E-state index is -0.401. The van der Waals surface area contributed by atoms with Gasteiger partial charge in [-0.1, -0.05) is 24.6 Å². The third-order valence-electron chi connectivity index (χ3n) is 9.42. The molecule has 0 bridgehead atoms. The first-order chi connectivity index (χ1) is 15.8. The summed E-state index contributed by atoms with van der Waals surface area (Å²) < 4.78 is 5.37. The van der Waals surface area contributed by atoms with E-state index in [9.17, 15) is 9.90 Å². The maximum absolute atomic E-state index is 12.2. The van der Waals surface area contributed by atoms with Gasteiger partial charge in [0.15, 0.2) is 5.78 Å². The first-order valence-corrected chi connectivity index (χ1v) is 12.7. The van der Waals surface area contributed by atoms with Gasteiger partial charge in [0.2, 0.25) is 0 Å². The average molecular weight is 450 g/mol. The fraction of sp³-hybridized carbons (Fsp3) is 0.621. The van der Waals surface area contributed by atoms with Crippen molar-refractivity contribution in [2.24, 2.45) is 23.2 Å². The second-order valence-electron chi connectivity index (χ2n) is 11.3. The SMILES string of the molecule is COCC(O)C1CCC2C3CCC4=CC(=O)CCC4=C3C(c3ccc(N(C)C)cc3)CC12C. The van der Waals surface area contributed by atoms with Crippen LogP contribution in [0, 0.1) is 23.2 Å². The second kappa shape index (κ2) is 8.70. The number of rotatable bonds is 5. The van der Waals surface area contributed by atoms with Gasteiger partial charge in [-0.15, -0.1) is 0 Å². The lowest BCUT2D eigenvalue weighted by molar-refractivity contribution is -0.114. The summed E-state index contributed by atoms with van der Waals surface area (Å²) in [6.07, 6.45) is 8.61. The molecule has 4 aliphatic carbocycles. The van der Waals surface area contributed by atoms with E-state index in [0.29, 0.717) is 36.6 Å². The number of ether oxygens (including phenoxy) is 1.